The van der Waals surface area contributed by atoms with Crippen molar-refractivity contribution in [2.45, 2.75) is 19.3 Å². The molecule has 1 heterocycles. The Bertz CT molecular complexity index is 406. The molecular formula is C14H21NO4. The molecule has 106 valence electrons. The maximum atomic E-state index is 5.58. The maximum absolute atomic E-state index is 5.58. The number of nitrogens with one attached hydrogen (secondary N) is 1. The largest absolute Gasteiger partial charge is 0.486 e. The fourth-order valence-corrected chi connectivity index (χ4v) is 1.98. The molecule has 19 heavy (non-hydrogen) atoms. The van der Waals surface area contributed by atoms with Crippen LogP contribution in [0, 0.1) is 0 Å². The second kappa shape index (κ2) is 6.75. The van der Waals surface area contributed by atoms with Crippen molar-refractivity contribution in [2.24, 2.45) is 0 Å². The van der Waals surface area contributed by atoms with Gasteiger partial charge in [-0.15, -0.1) is 0 Å². The van der Waals surface area contributed by atoms with Gasteiger partial charge in [-0.1, -0.05) is 6.07 Å². The van der Waals surface area contributed by atoms with Gasteiger partial charge in [-0.05, 0) is 24.6 Å². The standard InChI is InChI=1S/C14H21NO4/c1-10(15-9-14(16-2)17-3)11-4-5-12-13(8-11)19-7-6-18-12/h4-5,8,10,14-15H,6-7,9H2,1-3H3. The van der Waals surface area contributed by atoms with Crippen LogP contribution in [-0.4, -0.2) is 40.3 Å². The molecule has 1 N–H and O–H groups in total. The minimum Gasteiger partial charge on any atom is -0.486 e. The topological polar surface area (TPSA) is 49.0 Å². The lowest BCUT2D eigenvalue weighted by Gasteiger charge is -2.22. The Labute approximate surface area is 113 Å². The Hall–Kier alpha value is -1.30. The summed E-state index contributed by atoms with van der Waals surface area (Å²) in [6, 6.07) is 6.19. The quantitative estimate of drug-likeness (QED) is 0.795. The highest BCUT2D eigenvalue weighted by Gasteiger charge is 2.15. The van der Waals surface area contributed by atoms with E-state index in [2.05, 4.69) is 12.2 Å². The number of rotatable bonds is 6. The summed E-state index contributed by atoms with van der Waals surface area (Å²) in [5.74, 6) is 1.63. The molecule has 1 unspecified atom stereocenters. The van der Waals surface area contributed by atoms with Crippen LogP contribution in [-0.2, 0) is 9.47 Å². The Morgan fingerprint density at radius 1 is 1.16 bits per heavy atom. The summed E-state index contributed by atoms with van der Waals surface area (Å²) in [7, 11) is 3.26. The van der Waals surface area contributed by atoms with Crippen molar-refractivity contribution in [1.29, 1.82) is 0 Å². The Morgan fingerprint density at radius 2 is 1.84 bits per heavy atom. The molecule has 5 nitrogen and oxygen atoms in total. The van der Waals surface area contributed by atoms with E-state index in [0.717, 1.165) is 17.1 Å². The molecule has 1 atom stereocenters. The van der Waals surface area contributed by atoms with Gasteiger partial charge in [0.05, 0.1) is 0 Å². The van der Waals surface area contributed by atoms with E-state index in [1.165, 1.54) is 0 Å². The van der Waals surface area contributed by atoms with Crippen LogP contribution in [0.15, 0.2) is 18.2 Å². The molecule has 0 saturated carbocycles. The van der Waals surface area contributed by atoms with Crippen molar-refractivity contribution in [3.05, 3.63) is 23.8 Å². The van der Waals surface area contributed by atoms with Crippen LogP contribution in [0.25, 0.3) is 0 Å². The molecule has 1 aliphatic heterocycles. The Balaban J connectivity index is 1.97. The zero-order chi connectivity index (χ0) is 13.7. The predicted molar refractivity (Wildman–Crippen MR) is 71.7 cm³/mol. The Kier molecular flexibility index (Phi) is 5.01. The highest BCUT2D eigenvalue weighted by molar-refractivity contribution is 5.44. The van der Waals surface area contributed by atoms with E-state index in [1.54, 1.807) is 14.2 Å². The van der Waals surface area contributed by atoms with E-state index in [1.807, 2.05) is 18.2 Å². The molecule has 0 aliphatic carbocycles. The first-order chi connectivity index (χ1) is 9.24. The first-order valence-corrected chi connectivity index (χ1v) is 6.43. The lowest BCUT2D eigenvalue weighted by Crippen LogP contribution is -2.31. The summed E-state index contributed by atoms with van der Waals surface area (Å²) in [5, 5.41) is 3.36. The average Bonchev–Trinajstić information content (AvgIpc) is 2.47. The first kappa shape index (κ1) is 14.1. The van der Waals surface area contributed by atoms with Crippen molar-refractivity contribution in [2.75, 3.05) is 34.0 Å². The number of benzene rings is 1. The van der Waals surface area contributed by atoms with Crippen LogP contribution >= 0.6 is 0 Å². The van der Waals surface area contributed by atoms with Gasteiger partial charge in [0.15, 0.2) is 17.8 Å². The van der Waals surface area contributed by atoms with Crippen LogP contribution in [0.3, 0.4) is 0 Å². The highest BCUT2D eigenvalue weighted by Crippen LogP contribution is 2.32. The lowest BCUT2D eigenvalue weighted by atomic mass is 10.1. The smallest absolute Gasteiger partial charge is 0.169 e. The zero-order valence-corrected chi connectivity index (χ0v) is 11.6. The van der Waals surface area contributed by atoms with Gasteiger partial charge in [0.1, 0.15) is 13.2 Å². The minimum atomic E-state index is -0.236. The fourth-order valence-electron chi connectivity index (χ4n) is 1.98. The monoisotopic (exact) mass is 267 g/mol. The molecule has 0 fully saturated rings. The summed E-state index contributed by atoms with van der Waals surface area (Å²) < 4.78 is 21.4. The molecule has 0 saturated heterocycles. The number of ether oxygens (including phenoxy) is 4. The summed E-state index contributed by atoms with van der Waals surface area (Å²) in [4.78, 5) is 0. The summed E-state index contributed by atoms with van der Waals surface area (Å²) in [6.45, 7) is 3.94. The van der Waals surface area contributed by atoms with Gasteiger partial charge >= 0.3 is 0 Å². The molecule has 1 aromatic carbocycles. The second-order valence-corrected chi connectivity index (χ2v) is 4.43. The van der Waals surface area contributed by atoms with Gasteiger partial charge in [0.25, 0.3) is 0 Å². The molecule has 2 rings (SSSR count). The van der Waals surface area contributed by atoms with Gasteiger partial charge in [-0.3, -0.25) is 0 Å². The minimum absolute atomic E-state index is 0.184. The highest BCUT2D eigenvalue weighted by atomic mass is 16.7. The summed E-state index contributed by atoms with van der Waals surface area (Å²) in [5.41, 5.74) is 1.15. The van der Waals surface area contributed by atoms with E-state index < -0.39 is 0 Å². The predicted octanol–water partition coefficient (Wildman–Crippen LogP) is 1.73. The molecule has 0 aromatic heterocycles. The van der Waals surface area contributed by atoms with E-state index >= 15 is 0 Å². The molecule has 0 spiro atoms. The van der Waals surface area contributed by atoms with Crippen molar-refractivity contribution >= 4 is 0 Å². The molecule has 0 bridgehead atoms. The van der Waals surface area contributed by atoms with E-state index in [-0.39, 0.29) is 12.3 Å². The van der Waals surface area contributed by atoms with Gasteiger partial charge in [0.2, 0.25) is 0 Å². The van der Waals surface area contributed by atoms with Gasteiger partial charge in [-0.2, -0.15) is 0 Å². The van der Waals surface area contributed by atoms with Crippen molar-refractivity contribution in [3.8, 4) is 11.5 Å². The molecule has 1 aromatic rings. The lowest BCUT2D eigenvalue weighted by molar-refractivity contribution is -0.0997. The van der Waals surface area contributed by atoms with Crippen molar-refractivity contribution in [3.63, 3.8) is 0 Å². The Morgan fingerprint density at radius 3 is 2.53 bits per heavy atom. The average molecular weight is 267 g/mol. The molecule has 5 heteroatoms. The van der Waals surface area contributed by atoms with E-state index in [4.69, 9.17) is 18.9 Å². The zero-order valence-electron chi connectivity index (χ0n) is 11.6. The second-order valence-electron chi connectivity index (χ2n) is 4.43. The van der Waals surface area contributed by atoms with Crippen molar-refractivity contribution in [1.82, 2.24) is 5.32 Å². The first-order valence-electron chi connectivity index (χ1n) is 6.43. The summed E-state index contributed by atoms with van der Waals surface area (Å²) in [6.07, 6.45) is -0.236. The van der Waals surface area contributed by atoms with Crippen LogP contribution in [0.4, 0.5) is 0 Å². The third-order valence-electron chi connectivity index (χ3n) is 3.18. The van der Waals surface area contributed by atoms with E-state index in [0.29, 0.717) is 19.8 Å². The van der Waals surface area contributed by atoms with Crippen LogP contribution < -0.4 is 14.8 Å². The number of methoxy groups -OCH3 is 2. The van der Waals surface area contributed by atoms with E-state index in [9.17, 15) is 0 Å². The molecule has 1 aliphatic rings. The van der Waals surface area contributed by atoms with Gasteiger partial charge in [0, 0.05) is 26.8 Å². The number of hydrogen-bond donors (Lipinski definition) is 1. The van der Waals surface area contributed by atoms with Gasteiger partial charge in [-0.25, -0.2) is 0 Å². The SMILES string of the molecule is COC(CNC(C)c1ccc2c(c1)OCCO2)OC. The van der Waals surface area contributed by atoms with Gasteiger partial charge < -0.3 is 24.3 Å². The van der Waals surface area contributed by atoms with Crippen LogP contribution in [0.5, 0.6) is 11.5 Å². The maximum Gasteiger partial charge on any atom is 0.169 e. The van der Waals surface area contributed by atoms with Crippen LogP contribution in [0.2, 0.25) is 0 Å². The number of hydrogen-bond acceptors (Lipinski definition) is 5. The van der Waals surface area contributed by atoms with Crippen LogP contribution in [0.1, 0.15) is 18.5 Å². The molecular weight excluding hydrogens is 246 g/mol. The fraction of sp³-hybridized carbons (Fsp3) is 0.571. The normalized spacial score (nSPS) is 15.6. The number of fused-ring (bicyclic) bond motifs is 1. The third-order valence-corrected chi connectivity index (χ3v) is 3.18. The molecule has 0 radical (unpaired) electrons. The summed E-state index contributed by atoms with van der Waals surface area (Å²) >= 11 is 0. The third kappa shape index (κ3) is 3.59. The molecule has 0 amide bonds. The van der Waals surface area contributed by atoms with Crippen molar-refractivity contribution < 1.29 is 18.9 Å².